The first-order valence-electron chi connectivity index (χ1n) is 9.28. The number of ether oxygens (including phenoxy) is 3. The molecule has 2 N–H and O–H groups in total. The number of carbonyl (C=O) groups is 1. The molecule has 4 rings (SSSR count). The number of fused-ring (bicyclic) bond motifs is 1. The summed E-state index contributed by atoms with van der Waals surface area (Å²) in [6.07, 6.45) is 1.53. The third-order valence-corrected chi connectivity index (χ3v) is 4.17. The Morgan fingerprint density at radius 2 is 1.90 bits per heavy atom. The number of hydrogen-bond acceptors (Lipinski definition) is 6. The minimum absolute atomic E-state index is 0.0104. The normalized spacial score (nSPS) is 12.0. The second kappa shape index (κ2) is 8.10. The molecule has 1 aliphatic rings. The van der Waals surface area contributed by atoms with Gasteiger partial charge in [-0.25, -0.2) is 4.98 Å². The SMILES string of the molecule is CC(C)Oc1ccccc1NC(=O)c1ccc(Nc2ccc3c(c2)OCO3)nc1. The van der Waals surface area contributed by atoms with Crippen LogP contribution >= 0.6 is 0 Å². The lowest BCUT2D eigenvalue weighted by atomic mass is 10.2. The van der Waals surface area contributed by atoms with Crippen molar-refractivity contribution in [2.75, 3.05) is 17.4 Å². The molecule has 1 aromatic heterocycles. The Labute approximate surface area is 168 Å². The highest BCUT2D eigenvalue weighted by Gasteiger charge is 2.14. The van der Waals surface area contributed by atoms with Crippen molar-refractivity contribution in [1.29, 1.82) is 0 Å². The van der Waals surface area contributed by atoms with E-state index in [1.807, 2.05) is 50.2 Å². The predicted octanol–water partition coefficient (Wildman–Crippen LogP) is 4.59. The van der Waals surface area contributed by atoms with Crippen molar-refractivity contribution in [1.82, 2.24) is 4.98 Å². The smallest absolute Gasteiger partial charge is 0.257 e. The number of para-hydroxylation sites is 2. The van der Waals surface area contributed by atoms with Crippen molar-refractivity contribution in [2.45, 2.75) is 20.0 Å². The van der Waals surface area contributed by atoms with Gasteiger partial charge in [0.1, 0.15) is 11.6 Å². The van der Waals surface area contributed by atoms with Gasteiger partial charge in [0, 0.05) is 18.0 Å². The number of pyridine rings is 1. The molecule has 0 saturated heterocycles. The molecule has 7 nitrogen and oxygen atoms in total. The molecule has 29 heavy (non-hydrogen) atoms. The summed E-state index contributed by atoms with van der Waals surface area (Å²) in [6.45, 7) is 4.11. The standard InChI is InChI=1S/C22H21N3O4/c1-14(2)29-18-6-4-3-5-17(18)25-22(26)15-7-10-21(23-12-15)24-16-8-9-19-20(11-16)28-13-27-19/h3-12,14H,13H2,1-2H3,(H,23,24)(H,25,26). The van der Waals surface area contributed by atoms with Crippen LogP contribution in [0.3, 0.4) is 0 Å². The summed E-state index contributed by atoms with van der Waals surface area (Å²) in [5.41, 5.74) is 1.88. The van der Waals surface area contributed by atoms with Gasteiger partial charge in [-0.15, -0.1) is 0 Å². The largest absolute Gasteiger partial charge is 0.489 e. The molecule has 0 bridgehead atoms. The zero-order chi connectivity index (χ0) is 20.2. The monoisotopic (exact) mass is 391 g/mol. The van der Waals surface area contributed by atoms with Crippen molar-refractivity contribution >= 4 is 23.1 Å². The van der Waals surface area contributed by atoms with Gasteiger partial charge >= 0.3 is 0 Å². The van der Waals surface area contributed by atoms with Crippen molar-refractivity contribution < 1.29 is 19.0 Å². The van der Waals surface area contributed by atoms with Crippen LogP contribution in [0.5, 0.6) is 17.2 Å². The molecule has 2 heterocycles. The van der Waals surface area contributed by atoms with E-state index in [4.69, 9.17) is 14.2 Å². The first-order valence-corrected chi connectivity index (χ1v) is 9.28. The molecule has 0 fully saturated rings. The Hall–Kier alpha value is -3.74. The Morgan fingerprint density at radius 1 is 1.07 bits per heavy atom. The highest BCUT2D eigenvalue weighted by molar-refractivity contribution is 6.04. The van der Waals surface area contributed by atoms with E-state index in [1.165, 1.54) is 6.20 Å². The van der Waals surface area contributed by atoms with Crippen molar-refractivity contribution in [2.24, 2.45) is 0 Å². The lowest BCUT2D eigenvalue weighted by Crippen LogP contribution is -2.14. The molecule has 148 valence electrons. The minimum atomic E-state index is -0.257. The van der Waals surface area contributed by atoms with Gasteiger partial charge in [-0.1, -0.05) is 12.1 Å². The third-order valence-electron chi connectivity index (χ3n) is 4.17. The van der Waals surface area contributed by atoms with Crippen LogP contribution in [0.25, 0.3) is 0 Å². The number of carbonyl (C=O) groups excluding carboxylic acids is 1. The van der Waals surface area contributed by atoms with Crippen LogP contribution in [0.2, 0.25) is 0 Å². The van der Waals surface area contributed by atoms with Gasteiger partial charge in [-0.3, -0.25) is 4.79 Å². The molecule has 7 heteroatoms. The zero-order valence-electron chi connectivity index (χ0n) is 16.1. The highest BCUT2D eigenvalue weighted by Crippen LogP contribution is 2.35. The first kappa shape index (κ1) is 18.6. The maximum atomic E-state index is 12.6. The molecular weight excluding hydrogens is 370 g/mol. The zero-order valence-corrected chi connectivity index (χ0v) is 16.1. The fourth-order valence-corrected chi connectivity index (χ4v) is 2.85. The van der Waals surface area contributed by atoms with Gasteiger partial charge in [0.2, 0.25) is 6.79 Å². The fourth-order valence-electron chi connectivity index (χ4n) is 2.85. The number of amides is 1. The summed E-state index contributed by atoms with van der Waals surface area (Å²) in [6, 6.07) is 16.4. The second-order valence-corrected chi connectivity index (χ2v) is 6.74. The van der Waals surface area contributed by atoms with E-state index in [2.05, 4.69) is 15.6 Å². The van der Waals surface area contributed by atoms with Crippen LogP contribution < -0.4 is 24.8 Å². The molecule has 0 unspecified atom stereocenters. The summed E-state index contributed by atoms with van der Waals surface area (Å²) in [7, 11) is 0. The Bertz CT molecular complexity index is 1020. The van der Waals surface area contributed by atoms with Crippen LogP contribution in [0.4, 0.5) is 17.2 Å². The Kier molecular flexibility index (Phi) is 5.20. The number of hydrogen-bond donors (Lipinski definition) is 2. The summed E-state index contributed by atoms with van der Waals surface area (Å²) in [5, 5.41) is 6.06. The molecule has 0 atom stereocenters. The summed E-state index contributed by atoms with van der Waals surface area (Å²) >= 11 is 0. The van der Waals surface area contributed by atoms with Crippen LogP contribution in [-0.2, 0) is 0 Å². The Balaban J connectivity index is 1.43. The second-order valence-electron chi connectivity index (χ2n) is 6.74. The number of benzene rings is 2. The molecular formula is C22H21N3O4. The van der Waals surface area contributed by atoms with Gasteiger partial charge in [-0.2, -0.15) is 0 Å². The molecule has 3 aromatic rings. The van der Waals surface area contributed by atoms with E-state index in [9.17, 15) is 4.79 Å². The molecule has 0 saturated carbocycles. The van der Waals surface area contributed by atoms with Crippen molar-refractivity contribution in [3.63, 3.8) is 0 Å². The van der Waals surface area contributed by atoms with Crippen LogP contribution in [0.1, 0.15) is 24.2 Å². The first-order chi connectivity index (χ1) is 14.1. The van der Waals surface area contributed by atoms with E-state index >= 15 is 0 Å². The van der Waals surface area contributed by atoms with Gasteiger partial charge in [0.05, 0.1) is 17.4 Å². The van der Waals surface area contributed by atoms with Crippen LogP contribution in [-0.4, -0.2) is 23.8 Å². The molecule has 0 aliphatic carbocycles. The number of nitrogens with zero attached hydrogens (tertiary/aromatic N) is 1. The lowest BCUT2D eigenvalue weighted by molar-refractivity contribution is 0.102. The van der Waals surface area contributed by atoms with E-state index in [-0.39, 0.29) is 18.8 Å². The maximum Gasteiger partial charge on any atom is 0.257 e. The topological polar surface area (TPSA) is 81.7 Å². The molecule has 0 spiro atoms. The highest BCUT2D eigenvalue weighted by atomic mass is 16.7. The molecule has 1 amide bonds. The summed E-state index contributed by atoms with van der Waals surface area (Å²) in [4.78, 5) is 16.9. The predicted molar refractivity (Wildman–Crippen MR) is 110 cm³/mol. The number of anilines is 3. The van der Waals surface area contributed by atoms with E-state index in [0.717, 1.165) is 11.4 Å². The number of nitrogens with one attached hydrogen (secondary N) is 2. The fraction of sp³-hybridized carbons (Fsp3) is 0.182. The van der Waals surface area contributed by atoms with Gasteiger partial charge in [0.25, 0.3) is 5.91 Å². The summed E-state index contributed by atoms with van der Waals surface area (Å²) in [5.74, 6) is 2.39. The number of aromatic nitrogens is 1. The van der Waals surface area contributed by atoms with Gasteiger partial charge < -0.3 is 24.8 Å². The summed E-state index contributed by atoms with van der Waals surface area (Å²) < 4.78 is 16.4. The average molecular weight is 391 g/mol. The maximum absolute atomic E-state index is 12.6. The average Bonchev–Trinajstić information content (AvgIpc) is 3.17. The van der Waals surface area contributed by atoms with Gasteiger partial charge in [0.15, 0.2) is 11.5 Å². The van der Waals surface area contributed by atoms with Crippen molar-refractivity contribution in [3.8, 4) is 17.2 Å². The van der Waals surface area contributed by atoms with Crippen molar-refractivity contribution in [3.05, 3.63) is 66.4 Å². The minimum Gasteiger partial charge on any atom is -0.489 e. The van der Waals surface area contributed by atoms with Crippen LogP contribution in [0, 0.1) is 0 Å². The van der Waals surface area contributed by atoms with Crippen LogP contribution in [0.15, 0.2) is 60.8 Å². The van der Waals surface area contributed by atoms with E-state index in [1.54, 1.807) is 18.2 Å². The quantitative estimate of drug-likeness (QED) is 0.639. The lowest BCUT2D eigenvalue weighted by Gasteiger charge is -2.14. The number of rotatable bonds is 6. The Morgan fingerprint density at radius 3 is 2.69 bits per heavy atom. The van der Waals surface area contributed by atoms with Gasteiger partial charge in [-0.05, 0) is 50.2 Å². The molecule has 1 aliphatic heterocycles. The molecule has 2 aromatic carbocycles. The molecule has 0 radical (unpaired) electrons. The van der Waals surface area contributed by atoms with E-state index < -0.39 is 0 Å². The third kappa shape index (κ3) is 4.40. The van der Waals surface area contributed by atoms with E-state index in [0.29, 0.717) is 28.6 Å².